The first-order valence-electron chi connectivity index (χ1n) is 4.80. The minimum atomic E-state index is -0.135. The summed E-state index contributed by atoms with van der Waals surface area (Å²) in [4.78, 5) is 20.6. The van der Waals surface area contributed by atoms with E-state index in [1.165, 1.54) is 12.1 Å². The zero-order chi connectivity index (χ0) is 13.7. The summed E-state index contributed by atoms with van der Waals surface area (Å²) in [5.41, 5.74) is 0. The first-order valence-corrected chi connectivity index (χ1v) is 5.56. The quantitative estimate of drug-likeness (QED) is 0.527. The fourth-order valence-corrected chi connectivity index (χ4v) is 1.32. The van der Waals surface area contributed by atoms with Crippen molar-refractivity contribution < 1.29 is 19.8 Å². The van der Waals surface area contributed by atoms with E-state index in [4.69, 9.17) is 33.4 Å². The highest BCUT2D eigenvalue weighted by Crippen LogP contribution is 2.33. The standard InChI is InChI=1S/C6H4Cl2O2.C4H6N2O2/c7-3-1-5(9)4(8)2-6(3)10;7-3-1-5-4(8)2-6-3/h1-2,9-10H;1-2H2,(H,5,8)(H,6,7). The zero-order valence-corrected chi connectivity index (χ0v) is 10.5. The molecule has 1 aliphatic rings. The predicted molar refractivity (Wildman–Crippen MR) is 65.8 cm³/mol. The molecule has 0 radical (unpaired) electrons. The molecule has 98 valence electrons. The first kappa shape index (κ1) is 14.4. The first-order chi connectivity index (χ1) is 8.40. The second kappa shape index (κ2) is 6.32. The lowest BCUT2D eigenvalue weighted by Crippen LogP contribution is -2.48. The van der Waals surface area contributed by atoms with E-state index >= 15 is 0 Å². The fourth-order valence-electron chi connectivity index (χ4n) is 1.01. The third-order valence-electron chi connectivity index (χ3n) is 1.91. The highest BCUT2D eigenvalue weighted by Gasteiger charge is 2.11. The van der Waals surface area contributed by atoms with Gasteiger partial charge in [0.25, 0.3) is 0 Å². The molecule has 1 saturated heterocycles. The van der Waals surface area contributed by atoms with Gasteiger partial charge in [0.2, 0.25) is 11.8 Å². The Labute approximate surface area is 113 Å². The number of phenolic OH excluding ortho intramolecular Hbond substituents is 2. The summed E-state index contributed by atoms with van der Waals surface area (Å²) in [7, 11) is 0. The van der Waals surface area contributed by atoms with E-state index < -0.39 is 0 Å². The van der Waals surface area contributed by atoms with E-state index in [0.29, 0.717) is 0 Å². The molecule has 1 aromatic carbocycles. The molecule has 6 nitrogen and oxygen atoms in total. The summed E-state index contributed by atoms with van der Waals surface area (Å²) in [6.07, 6.45) is 0. The normalized spacial score (nSPS) is 14.1. The van der Waals surface area contributed by atoms with Crippen molar-refractivity contribution in [1.29, 1.82) is 0 Å². The summed E-state index contributed by atoms with van der Waals surface area (Å²) in [6.45, 7) is 0.248. The molecule has 1 heterocycles. The number of hydrogen-bond acceptors (Lipinski definition) is 4. The number of benzene rings is 1. The summed E-state index contributed by atoms with van der Waals surface area (Å²) in [5, 5.41) is 22.7. The molecule has 8 heteroatoms. The number of hydrogen-bond donors (Lipinski definition) is 4. The number of nitrogens with one attached hydrogen (secondary N) is 2. The van der Waals surface area contributed by atoms with Gasteiger partial charge in [0.15, 0.2) is 0 Å². The summed E-state index contributed by atoms with van der Waals surface area (Å²) in [6, 6.07) is 2.36. The van der Waals surface area contributed by atoms with Crippen molar-refractivity contribution in [3.8, 4) is 11.5 Å². The molecule has 1 aromatic rings. The number of carbonyl (C=O) groups excluding carboxylic acids is 2. The van der Waals surface area contributed by atoms with Crippen molar-refractivity contribution in [2.24, 2.45) is 0 Å². The Morgan fingerprint density at radius 1 is 0.889 bits per heavy atom. The second-order valence-electron chi connectivity index (χ2n) is 3.31. The Balaban J connectivity index is 0.000000184. The van der Waals surface area contributed by atoms with E-state index in [1.54, 1.807) is 0 Å². The molecule has 0 bridgehead atoms. The molecule has 0 atom stereocenters. The van der Waals surface area contributed by atoms with Gasteiger partial charge in [-0.2, -0.15) is 0 Å². The predicted octanol–water partition coefficient (Wildman–Crippen LogP) is 0.637. The van der Waals surface area contributed by atoms with Crippen molar-refractivity contribution in [2.45, 2.75) is 0 Å². The Morgan fingerprint density at radius 3 is 1.50 bits per heavy atom. The second-order valence-corrected chi connectivity index (χ2v) is 4.12. The molecular formula is C10H10Cl2N2O4. The SMILES string of the molecule is O=C1CNC(=O)CN1.Oc1cc(Cl)c(O)cc1Cl. The van der Waals surface area contributed by atoms with Crippen LogP contribution in [0.4, 0.5) is 0 Å². The molecule has 18 heavy (non-hydrogen) atoms. The van der Waals surface area contributed by atoms with Crippen LogP contribution in [0.3, 0.4) is 0 Å². The number of amides is 2. The van der Waals surface area contributed by atoms with Crippen LogP contribution in [0, 0.1) is 0 Å². The van der Waals surface area contributed by atoms with Crippen molar-refractivity contribution in [2.75, 3.05) is 13.1 Å². The molecule has 0 spiro atoms. The highest BCUT2D eigenvalue weighted by atomic mass is 35.5. The molecule has 2 rings (SSSR count). The smallest absolute Gasteiger partial charge is 0.239 e. The molecule has 4 N–H and O–H groups in total. The van der Waals surface area contributed by atoms with Gasteiger partial charge in [-0.1, -0.05) is 23.2 Å². The molecule has 1 aliphatic heterocycles. The molecule has 0 aromatic heterocycles. The molecule has 0 saturated carbocycles. The number of phenols is 2. The van der Waals surface area contributed by atoms with Crippen molar-refractivity contribution in [1.82, 2.24) is 10.6 Å². The van der Waals surface area contributed by atoms with Gasteiger partial charge in [0.1, 0.15) is 11.5 Å². The van der Waals surface area contributed by atoms with Gasteiger partial charge in [0, 0.05) is 12.1 Å². The maximum absolute atomic E-state index is 10.3. The maximum Gasteiger partial charge on any atom is 0.239 e. The molecule has 0 aliphatic carbocycles. The van der Waals surface area contributed by atoms with Gasteiger partial charge in [-0.15, -0.1) is 0 Å². The number of aromatic hydroxyl groups is 2. The number of halogens is 2. The molecule has 2 amide bonds. The van der Waals surface area contributed by atoms with Crippen LogP contribution >= 0.6 is 23.2 Å². The maximum atomic E-state index is 10.3. The van der Waals surface area contributed by atoms with E-state index in [9.17, 15) is 9.59 Å². The van der Waals surface area contributed by atoms with Crippen molar-refractivity contribution in [3.63, 3.8) is 0 Å². The lowest BCUT2D eigenvalue weighted by Gasteiger charge is -2.10. The average Bonchev–Trinajstić information content (AvgIpc) is 2.31. The van der Waals surface area contributed by atoms with Crippen LogP contribution in [0.1, 0.15) is 0 Å². The van der Waals surface area contributed by atoms with Gasteiger partial charge in [-0.3, -0.25) is 9.59 Å². The monoisotopic (exact) mass is 292 g/mol. The van der Waals surface area contributed by atoms with E-state index in [1.807, 2.05) is 0 Å². The number of rotatable bonds is 0. The largest absolute Gasteiger partial charge is 0.506 e. The van der Waals surface area contributed by atoms with Gasteiger partial charge in [-0.05, 0) is 0 Å². The third-order valence-corrected chi connectivity index (χ3v) is 2.51. The minimum absolute atomic E-state index is 0.0851. The van der Waals surface area contributed by atoms with Gasteiger partial charge in [0.05, 0.1) is 23.1 Å². The van der Waals surface area contributed by atoms with Crippen LogP contribution in [0.25, 0.3) is 0 Å². The van der Waals surface area contributed by atoms with Gasteiger partial charge < -0.3 is 20.8 Å². The van der Waals surface area contributed by atoms with Crippen LogP contribution in [-0.2, 0) is 9.59 Å². The van der Waals surface area contributed by atoms with E-state index in [0.717, 1.165) is 0 Å². The van der Waals surface area contributed by atoms with Crippen LogP contribution < -0.4 is 10.6 Å². The van der Waals surface area contributed by atoms with Crippen molar-refractivity contribution >= 4 is 35.0 Å². The van der Waals surface area contributed by atoms with Crippen LogP contribution in [-0.4, -0.2) is 35.1 Å². The van der Waals surface area contributed by atoms with Crippen LogP contribution in [0.2, 0.25) is 10.0 Å². The fraction of sp³-hybridized carbons (Fsp3) is 0.200. The Hall–Kier alpha value is -1.66. The molecule has 0 unspecified atom stereocenters. The molecular weight excluding hydrogens is 283 g/mol. The number of piperazine rings is 1. The molecule has 1 fully saturated rings. The van der Waals surface area contributed by atoms with E-state index in [2.05, 4.69) is 10.6 Å². The van der Waals surface area contributed by atoms with Crippen molar-refractivity contribution in [3.05, 3.63) is 22.2 Å². The Kier molecular flexibility index (Phi) is 5.06. The zero-order valence-electron chi connectivity index (χ0n) is 9.04. The van der Waals surface area contributed by atoms with Crippen LogP contribution in [0.5, 0.6) is 11.5 Å². The average molecular weight is 293 g/mol. The summed E-state index contributed by atoms with van der Waals surface area (Å²) in [5.74, 6) is -0.511. The minimum Gasteiger partial charge on any atom is -0.506 e. The lowest BCUT2D eigenvalue weighted by atomic mass is 10.3. The Morgan fingerprint density at radius 2 is 1.22 bits per heavy atom. The highest BCUT2D eigenvalue weighted by molar-refractivity contribution is 6.35. The third kappa shape index (κ3) is 4.31. The summed E-state index contributed by atoms with van der Waals surface area (Å²) >= 11 is 10.8. The topological polar surface area (TPSA) is 98.7 Å². The van der Waals surface area contributed by atoms with E-state index in [-0.39, 0.29) is 46.4 Å². The number of carbonyl (C=O) groups is 2. The van der Waals surface area contributed by atoms with Crippen LogP contribution in [0.15, 0.2) is 12.1 Å². The summed E-state index contributed by atoms with van der Waals surface area (Å²) < 4.78 is 0. The lowest BCUT2D eigenvalue weighted by molar-refractivity contribution is -0.130. The van der Waals surface area contributed by atoms with Gasteiger partial charge in [-0.25, -0.2) is 0 Å². The Bertz CT molecular complexity index is 401. The van der Waals surface area contributed by atoms with Gasteiger partial charge >= 0.3 is 0 Å².